The second-order valence-electron chi connectivity index (χ2n) is 5.13. The number of nitrogens with one attached hydrogen (secondary N) is 1. The molecule has 94 valence electrons. The fourth-order valence-electron chi connectivity index (χ4n) is 2.50. The van der Waals surface area contributed by atoms with E-state index in [1.54, 1.807) is 0 Å². The van der Waals surface area contributed by atoms with Crippen molar-refractivity contribution in [2.45, 2.75) is 19.8 Å². The van der Waals surface area contributed by atoms with Gasteiger partial charge in [0.1, 0.15) is 0 Å². The van der Waals surface area contributed by atoms with Crippen LogP contribution in [-0.2, 0) is 4.79 Å². The van der Waals surface area contributed by atoms with Crippen LogP contribution in [0.4, 0.5) is 0 Å². The summed E-state index contributed by atoms with van der Waals surface area (Å²) in [5.74, 6) is 0.656. The fourth-order valence-corrected chi connectivity index (χ4v) is 2.50. The molecule has 1 heterocycles. The summed E-state index contributed by atoms with van der Waals surface area (Å²) in [6, 6.07) is 0. The molecule has 0 unspecified atom stereocenters. The van der Waals surface area contributed by atoms with Gasteiger partial charge in [0.2, 0.25) is 0 Å². The van der Waals surface area contributed by atoms with Crippen LogP contribution in [0, 0.1) is 5.92 Å². The third kappa shape index (κ3) is 3.27. The first-order valence-electron chi connectivity index (χ1n) is 6.47. The Morgan fingerprint density at radius 1 is 1.53 bits per heavy atom. The van der Waals surface area contributed by atoms with Crippen LogP contribution in [0.2, 0.25) is 0 Å². The zero-order valence-corrected chi connectivity index (χ0v) is 10.7. The highest BCUT2D eigenvalue weighted by molar-refractivity contribution is 5.95. The van der Waals surface area contributed by atoms with Gasteiger partial charge in [-0.05, 0) is 24.8 Å². The Labute approximate surface area is 104 Å². The predicted octanol–water partition coefficient (Wildman–Crippen LogP) is 1.37. The third-order valence-electron chi connectivity index (χ3n) is 3.79. The monoisotopic (exact) mass is 234 g/mol. The molecule has 2 aliphatic rings. The Morgan fingerprint density at radius 2 is 2.24 bits per heavy atom. The standard InChI is InChI=1S/C14H22N2O/c1-11-3-4-13(9-14(11)17)12(2)10-16-7-5-15-6-8-16/h3,13,15H,2,4-10H2,1H3/t13-/m1/s1. The molecule has 0 amide bonds. The zero-order chi connectivity index (χ0) is 12.3. The fraction of sp³-hybridized carbons (Fsp3) is 0.643. The molecular weight excluding hydrogens is 212 g/mol. The second kappa shape index (κ2) is 5.61. The van der Waals surface area contributed by atoms with Gasteiger partial charge in [0, 0.05) is 39.1 Å². The molecule has 0 saturated carbocycles. The topological polar surface area (TPSA) is 32.3 Å². The average Bonchev–Trinajstić information content (AvgIpc) is 2.34. The van der Waals surface area contributed by atoms with Gasteiger partial charge in [-0.3, -0.25) is 9.69 Å². The predicted molar refractivity (Wildman–Crippen MR) is 69.9 cm³/mol. The van der Waals surface area contributed by atoms with Crippen molar-refractivity contribution in [1.82, 2.24) is 10.2 Å². The first-order chi connectivity index (χ1) is 8.16. The molecule has 0 spiro atoms. The van der Waals surface area contributed by atoms with E-state index in [-0.39, 0.29) is 0 Å². The maximum atomic E-state index is 11.7. The smallest absolute Gasteiger partial charge is 0.158 e. The van der Waals surface area contributed by atoms with Gasteiger partial charge in [-0.1, -0.05) is 18.2 Å². The molecule has 0 aromatic heterocycles. The number of piperazine rings is 1. The van der Waals surface area contributed by atoms with Crippen molar-refractivity contribution < 1.29 is 4.79 Å². The van der Waals surface area contributed by atoms with Gasteiger partial charge < -0.3 is 5.32 Å². The highest BCUT2D eigenvalue weighted by atomic mass is 16.1. The van der Waals surface area contributed by atoms with Crippen molar-refractivity contribution >= 4 is 5.78 Å². The van der Waals surface area contributed by atoms with Crippen LogP contribution in [-0.4, -0.2) is 43.4 Å². The summed E-state index contributed by atoms with van der Waals surface area (Å²) in [6.45, 7) is 11.4. The van der Waals surface area contributed by atoms with Gasteiger partial charge in [-0.15, -0.1) is 0 Å². The lowest BCUT2D eigenvalue weighted by Crippen LogP contribution is -2.44. The number of allylic oxidation sites excluding steroid dienone is 2. The Balaban J connectivity index is 1.86. The van der Waals surface area contributed by atoms with E-state index >= 15 is 0 Å². The minimum absolute atomic E-state index is 0.294. The molecule has 1 aliphatic heterocycles. The van der Waals surface area contributed by atoms with Crippen molar-refractivity contribution in [3.8, 4) is 0 Å². The highest BCUT2D eigenvalue weighted by Gasteiger charge is 2.23. The molecular formula is C14H22N2O. The third-order valence-corrected chi connectivity index (χ3v) is 3.79. The number of rotatable bonds is 3. The van der Waals surface area contributed by atoms with Crippen molar-refractivity contribution in [3.63, 3.8) is 0 Å². The summed E-state index contributed by atoms with van der Waals surface area (Å²) in [7, 11) is 0. The van der Waals surface area contributed by atoms with Gasteiger partial charge in [0.25, 0.3) is 0 Å². The van der Waals surface area contributed by atoms with Crippen molar-refractivity contribution in [2.75, 3.05) is 32.7 Å². The van der Waals surface area contributed by atoms with E-state index in [9.17, 15) is 4.79 Å². The molecule has 1 saturated heterocycles. The van der Waals surface area contributed by atoms with Crippen LogP contribution in [0.25, 0.3) is 0 Å². The van der Waals surface area contributed by atoms with Crippen LogP contribution in [0.5, 0.6) is 0 Å². The Bertz CT molecular complexity index is 340. The number of hydrogen-bond acceptors (Lipinski definition) is 3. The lowest BCUT2D eigenvalue weighted by Gasteiger charge is -2.30. The van der Waals surface area contributed by atoms with Gasteiger partial charge in [0.15, 0.2) is 5.78 Å². The Hall–Kier alpha value is -0.930. The van der Waals surface area contributed by atoms with E-state index in [1.807, 2.05) is 6.92 Å². The molecule has 3 heteroatoms. The summed E-state index contributed by atoms with van der Waals surface area (Å²) in [4.78, 5) is 14.1. The van der Waals surface area contributed by atoms with Crippen molar-refractivity contribution in [3.05, 3.63) is 23.8 Å². The molecule has 1 N–H and O–H groups in total. The molecule has 0 aromatic carbocycles. The van der Waals surface area contributed by atoms with E-state index in [0.717, 1.165) is 44.7 Å². The average molecular weight is 234 g/mol. The van der Waals surface area contributed by atoms with Crippen LogP contribution in [0.15, 0.2) is 23.8 Å². The lowest BCUT2D eigenvalue weighted by atomic mass is 9.84. The number of Topliss-reactive ketones (excluding diaryl/α,β-unsaturated/α-hetero) is 1. The molecule has 2 rings (SSSR count). The Kier molecular flexibility index (Phi) is 4.13. The minimum Gasteiger partial charge on any atom is -0.314 e. The summed E-state index contributed by atoms with van der Waals surface area (Å²) in [6.07, 6.45) is 3.72. The second-order valence-corrected chi connectivity index (χ2v) is 5.13. The highest BCUT2D eigenvalue weighted by Crippen LogP contribution is 2.26. The van der Waals surface area contributed by atoms with Gasteiger partial charge >= 0.3 is 0 Å². The molecule has 17 heavy (non-hydrogen) atoms. The molecule has 3 nitrogen and oxygen atoms in total. The first kappa shape index (κ1) is 12.5. The quantitative estimate of drug-likeness (QED) is 0.749. The van der Waals surface area contributed by atoms with Crippen LogP contribution in [0.1, 0.15) is 19.8 Å². The van der Waals surface area contributed by atoms with Gasteiger partial charge in [-0.2, -0.15) is 0 Å². The molecule has 1 fully saturated rings. The van der Waals surface area contributed by atoms with E-state index < -0.39 is 0 Å². The normalized spacial score (nSPS) is 26.8. The van der Waals surface area contributed by atoms with Crippen molar-refractivity contribution in [1.29, 1.82) is 0 Å². The Morgan fingerprint density at radius 3 is 2.88 bits per heavy atom. The van der Waals surface area contributed by atoms with E-state index in [1.165, 1.54) is 5.57 Å². The molecule has 1 atom stereocenters. The molecule has 1 aliphatic carbocycles. The van der Waals surface area contributed by atoms with Crippen molar-refractivity contribution in [2.24, 2.45) is 5.92 Å². The largest absolute Gasteiger partial charge is 0.314 e. The summed E-state index contributed by atoms with van der Waals surface area (Å²) >= 11 is 0. The van der Waals surface area contributed by atoms with E-state index in [4.69, 9.17) is 0 Å². The van der Waals surface area contributed by atoms with Gasteiger partial charge in [0.05, 0.1) is 0 Å². The number of ketones is 1. The van der Waals surface area contributed by atoms with Crippen LogP contribution >= 0.6 is 0 Å². The molecule has 0 aromatic rings. The number of carbonyl (C=O) groups excluding carboxylic acids is 1. The number of hydrogen-bond donors (Lipinski definition) is 1. The van der Waals surface area contributed by atoms with Crippen LogP contribution < -0.4 is 5.32 Å². The number of nitrogens with zero attached hydrogens (tertiary/aromatic N) is 1. The van der Waals surface area contributed by atoms with Crippen LogP contribution in [0.3, 0.4) is 0 Å². The SMILES string of the molecule is C=C(CN1CCNCC1)[C@@H]1CC=C(C)C(=O)C1. The lowest BCUT2D eigenvalue weighted by molar-refractivity contribution is -0.116. The summed E-state index contributed by atoms with van der Waals surface area (Å²) < 4.78 is 0. The van der Waals surface area contributed by atoms with E-state index in [2.05, 4.69) is 22.9 Å². The summed E-state index contributed by atoms with van der Waals surface area (Å²) in [5, 5.41) is 3.35. The van der Waals surface area contributed by atoms with E-state index in [0.29, 0.717) is 18.1 Å². The maximum absolute atomic E-state index is 11.7. The zero-order valence-electron chi connectivity index (χ0n) is 10.7. The molecule has 0 radical (unpaired) electrons. The minimum atomic E-state index is 0.294. The van der Waals surface area contributed by atoms with Gasteiger partial charge in [-0.25, -0.2) is 0 Å². The number of carbonyl (C=O) groups is 1. The molecule has 0 bridgehead atoms. The first-order valence-corrected chi connectivity index (χ1v) is 6.47. The maximum Gasteiger partial charge on any atom is 0.158 e. The summed E-state index contributed by atoms with van der Waals surface area (Å²) in [5.41, 5.74) is 2.15.